The summed E-state index contributed by atoms with van der Waals surface area (Å²) in [5, 5.41) is 0. The van der Waals surface area contributed by atoms with Crippen molar-refractivity contribution in [3.05, 3.63) is 45.8 Å². The summed E-state index contributed by atoms with van der Waals surface area (Å²) in [6.07, 6.45) is 1.77. The van der Waals surface area contributed by atoms with E-state index in [4.69, 9.17) is 11.6 Å². The highest BCUT2D eigenvalue weighted by molar-refractivity contribution is 7.94. The van der Waals surface area contributed by atoms with Gasteiger partial charge in [-0.15, -0.1) is 11.3 Å². The topological polar surface area (TPSA) is 37.4 Å². The minimum atomic E-state index is -3.50. The average molecular weight is 328 g/mol. The van der Waals surface area contributed by atoms with E-state index >= 15 is 0 Å². The Morgan fingerprint density at radius 3 is 2.75 bits per heavy atom. The molecule has 2 heterocycles. The number of aryl methyl sites for hydroxylation is 2. The maximum atomic E-state index is 12.7. The zero-order valence-corrected chi connectivity index (χ0v) is 13.4. The number of sulfonamides is 1. The minimum absolute atomic E-state index is 0.302. The van der Waals surface area contributed by atoms with Gasteiger partial charge < -0.3 is 0 Å². The van der Waals surface area contributed by atoms with Crippen LogP contribution in [0.5, 0.6) is 0 Å². The third kappa shape index (κ3) is 2.34. The van der Waals surface area contributed by atoms with Gasteiger partial charge in [-0.3, -0.25) is 4.31 Å². The zero-order chi connectivity index (χ0) is 14.3. The molecule has 106 valence electrons. The fourth-order valence-corrected chi connectivity index (χ4v) is 5.62. The van der Waals surface area contributed by atoms with Crippen molar-refractivity contribution >= 4 is 38.6 Å². The summed E-state index contributed by atoms with van der Waals surface area (Å²) in [7, 11) is -3.50. The van der Waals surface area contributed by atoms with E-state index in [0.717, 1.165) is 41.0 Å². The Bertz CT molecular complexity index is 752. The lowest BCUT2D eigenvalue weighted by Gasteiger charge is -2.30. The first kappa shape index (κ1) is 13.9. The molecule has 0 spiro atoms. The molecule has 1 aliphatic rings. The lowest BCUT2D eigenvalue weighted by Crippen LogP contribution is -2.35. The molecule has 0 radical (unpaired) electrons. The third-order valence-corrected chi connectivity index (χ3v) is 6.92. The summed E-state index contributed by atoms with van der Waals surface area (Å²) in [5.74, 6) is 0. The van der Waals surface area contributed by atoms with Crippen LogP contribution >= 0.6 is 22.9 Å². The molecule has 0 N–H and O–H groups in total. The summed E-state index contributed by atoms with van der Waals surface area (Å²) in [6.45, 7) is 2.54. The van der Waals surface area contributed by atoms with E-state index in [-0.39, 0.29) is 0 Å². The third-order valence-electron chi connectivity index (χ3n) is 3.40. The summed E-state index contributed by atoms with van der Waals surface area (Å²) in [6, 6.07) is 9.12. The summed E-state index contributed by atoms with van der Waals surface area (Å²) < 4.78 is 27.8. The second-order valence-electron chi connectivity index (χ2n) is 4.87. The van der Waals surface area contributed by atoms with Crippen molar-refractivity contribution in [2.75, 3.05) is 10.8 Å². The number of anilines is 1. The van der Waals surface area contributed by atoms with Gasteiger partial charge in [0.1, 0.15) is 4.21 Å². The monoisotopic (exact) mass is 327 g/mol. The molecule has 1 aromatic heterocycles. The smallest absolute Gasteiger partial charge is 0.265 e. The second kappa shape index (κ2) is 5.06. The van der Waals surface area contributed by atoms with Crippen LogP contribution in [-0.4, -0.2) is 15.0 Å². The van der Waals surface area contributed by atoms with Gasteiger partial charge in [0, 0.05) is 6.54 Å². The molecule has 0 atom stereocenters. The van der Waals surface area contributed by atoms with Crippen LogP contribution in [0.3, 0.4) is 0 Å². The molecule has 20 heavy (non-hydrogen) atoms. The quantitative estimate of drug-likeness (QED) is 0.840. The fraction of sp³-hybridized carbons (Fsp3) is 0.286. The largest absolute Gasteiger partial charge is 0.273 e. The molecule has 3 nitrogen and oxygen atoms in total. The molecule has 1 aliphatic heterocycles. The van der Waals surface area contributed by atoms with Crippen molar-refractivity contribution in [3.8, 4) is 0 Å². The van der Waals surface area contributed by atoms with Crippen LogP contribution in [0.25, 0.3) is 0 Å². The molecule has 6 heteroatoms. The first-order valence-corrected chi connectivity index (χ1v) is 8.99. The molecule has 2 aromatic rings. The summed E-state index contributed by atoms with van der Waals surface area (Å²) in [4.78, 5) is 0. The maximum Gasteiger partial charge on any atom is 0.273 e. The predicted molar refractivity (Wildman–Crippen MR) is 83.4 cm³/mol. The summed E-state index contributed by atoms with van der Waals surface area (Å²) in [5.41, 5.74) is 3.05. The molecule has 0 saturated heterocycles. The van der Waals surface area contributed by atoms with Gasteiger partial charge in [0.2, 0.25) is 0 Å². The van der Waals surface area contributed by atoms with Gasteiger partial charge in [-0.2, -0.15) is 0 Å². The van der Waals surface area contributed by atoms with Gasteiger partial charge in [-0.25, -0.2) is 8.42 Å². The minimum Gasteiger partial charge on any atom is -0.265 e. The normalized spacial score (nSPS) is 15.2. The highest BCUT2D eigenvalue weighted by Crippen LogP contribution is 2.35. The van der Waals surface area contributed by atoms with Crippen LogP contribution in [0.2, 0.25) is 4.34 Å². The number of hydrogen-bond donors (Lipinski definition) is 0. The number of fused-ring (bicyclic) bond motifs is 1. The van der Waals surface area contributed by atoms with Crippen molar-refractivity contribution in [1.82, 2.24) is 0 Å². The van der Waals surface area contributed by atoms with Crippen molar-refractivity contribution < 1.29 is 8.42 Å². The van der Waals surface area contributed by atoms with Gasteiger partial charge in [0.15, 0.2) is 0 Å². The average Bonchev–Trinajstić information content (AvgIpc) is 2.85. The van der Waals surface area contributed by atoms with Crippen molar-refractivity contribution in [2.24, 2.45) is 0 Å². The number of benzene rings is 1. The van der Waals surface area contributed by atoms with E-state index < -0.39 is 10.0 Å². The van der Waals surface area contributed by atoms with Crippen LogP contribution in [0.1, 0.15) is 17.5 Å². The predicted octanol–water partition coefficient (Wildman–Crippen LogP) is 3.85. The second-order valence-corrected chi connectivity index (χ2v) is 8.68. The Kier molecular flexibility index (Phi) is 3.52. The van der Waals surface area contributed by atoms with Crippen molar-refractivity contribution in [1.29, 1.82) is 0 Å². The molecule has 0 bridgehead atoms. The van der Waals surface area contributed by atoms with Gasteiger partial charge in [-0.1, -0.05) is 29.3 Å². The molecule has 0 fully saturated rings. The van der Waals surface area contributed by atoms with Gasteiger partial charge in [0.25, 0.3) is 10.0 Å². The molecule has 3 rings (SSSR count). The van der Waals surface area contributed by atoms with E-state index in [1.54, 1.807) is 12.1 Å². The van der Waals surface area contributed by atoms with E-state index in [2.05, 4.69) is 6.07 Å². The van der Waals surface area contributed by atoms with E-state index in [1.807, 2.05) is 19.1 Å². The summed E-state index contributed by atoms with van der Waals surface area (Å²) >= 11 is 6.96. The van der Waals surface area contributed by atoms with Crippen molar-refractivity contribution in [3.63, 3.8) is 0 Å². The number of nitrogens with zero attached hydrogens (tertiary/aromatic N) is 1. The van der Waals surface area contributed by atoms with Crippen LogP contribution in [-0.2, 0) is 16.4 Å². The van der Waals surface area contributed by atoms with Gasteiger partial charge >= 0.3 is 0 Å². The molecule has 0 saturated carbocycles. The fourth-order valence-electron chi connectivity index (χ4n) is 2.49. The van der Waals surface area contributed by atoms with Crippen LogP contribution < -0.4 is 4.31 Å². The molecular formula is C14H14ClNO2S2. The Morgan fingerprint density at radius 1 is 1.25 bits per heavy atom. The Labute approximate surface area is 127 Å². The first-order valence-electron chi connectivity index (χ1n) is 6.36. The Hall–Kier alpha value is -1.04. The van der Waals surface area contributed by atoms with Gasteiger partial charge in [0.05, 0.1) is 10.0 Å². The molecule has 0 unspecified atom stereocenters. The number of rotatable bonds is 2. The van der Waals surface area contributed by atoms with Crippen molar-refractivity contribution in [2.45, 2.75) is 24.0 Å². The Morgan fingerprint density at radius 2 is 2.05 bits per heavy atom. The van der Waals surface area contributed by atoms with Crippen LogP contribution in [0.4, 0.5) is 5.69 Å². The van der Waals surface area contributed by atoms with Crippen LogP contribution in [0.15, 0.2) is 34.5 Å². The molecule has 0 amide bonds. The van der Waals surface area contributed by atoms with E-state index in [1.165, 1.54) is 4.31 Å². The number of thiophene rings is 1. The van der Waals surface area contributed by atoms with E-state index in [9.17, 15) is 8.42 Å². The van der Waals surface area contributed by atoms with E-state index in [0.29, 0.717) is 15.1 Å². The highest BCUT2D eigenvalue weighted by atomic mass is 35.5. The maximum absolute atomic E-state index is 12.7. The highest BCUT2D eigenvalue weighted by Gasteiger charge is 2.30. The number of halogens is 1. The standard InChI is InChI=1S/C14H14ClNO2S2/c1-10-4-5-12-11(9-10)3-2-8-16(12)20(17,18)14-7-6-13(15)19-14/h4-7,9H,2-3,8H2,1H3. The lowest BCUT2D eigenvalue weighted by atomic mass is 10.0. The first-order chi connectivity index (χ1) is 9.48. The zero-order valence-electron chi connectivity index (χ0n) is 11.0. The molecular weight excluding hydrogens is 314 g/mol. The number of hydrogen-bond acceptors (Lipinski definition) is 3. The van der Waals surface area contributed by atoms with Gasteiger partial charge in [-0.05, 0) is 43.5 Å². The molecule has 1 aromatic carbocycles. The SMILES string of the molecule is Cc1ccc2c(c1)CCCN2S(=O)(=O)c1ccc(Cl)s1. The molecule has 0 aliphatic carbocycles. The lowest BCUT2D eigenvalue weighted by molar-refractivity contribution is 0.588. The van der Waals surface area contributed by atoms with Crippen LogP contribution in [0, 0.1) is 6.92 Å². The Balaban J connectivity index is 2.08.